The van der Waals surface area contributed by atoms with Crippen molar-refractivity contribution < 1.29 is 4.92 Å². The van der Waals surface area contributed by atoms with Gasteiger partial charge in [-0.25, -0.2) is 4.98 Å². The van der Waals surface area contributed by atoms with Gasteiger partial charge in [0.15, 0.2) is 5.82 Å². The molecule has 0 bridgehead atoms. The van der Waals surface area contributed by atoms with E-state index in [0.29, 0.717) is 11.0 Å². The minimum absolute atomic E-state index is 0.00863. The van der Waals surface area contributed by atoms with Gasteiger partial charge in [-0.1, -0.05) is 54.2 Å². The summed E-state index contributed by atoms with van der Waals surface area (Å²) in [5, 5.41) is 18.6. The van der Waals surface area contributed by atoms with Crippen LogP contribution in [0.2, 0.25) is 0 Å². The molecule has 2 aromatic carbocycles. The van der Waals surface area contributed by atoms with Gasteiger partial charge >= 0.3 is 0 Å². The van der Waals surface area contributed by atoms with E-state index in [1.807, 2.05) is 43.3 Å². The molecule has 6 nitrogen and oxygen atoms in total. The van der Waals surface area contributed by atoms with Gasteiger partial charge in [-0.15, -0.1) is 5.10 Å². The Kier molecular flexibility index (Phi) is 4.38. The minimum Gasteiger partial charge on any atom is -0.258 e. The van der Waals surface area contributed by atoms with Crippen LogP contribution < -0.4 is 0 Å². The molecular weight excluding hydrogens is 312 g/mol. The predicted molar refractivity (Wildman–Crippen MR) is 89.2 cm³/mol. The standard InChI is InChI=1S/C16H14N4O2S/c1-11(13-8-5-9-14(10-13)20(21)22)23-16-17-15(18-19-16)12-6-3-2-4-7-12/h2-11H,1H3,(H,17,18,19)/t11-/m0/s1. The molecule has 7 heteroatoms. The van der Waals surface area contributed by atoms with Crippen molar-refractivity contribution in [3.8, 4) is 11.4 Å². The predicted octanol–water partition coefficient (Wildman–Crippen LogP) is 4.23. The molecule has 1 atom stereocenters. The lowest BCUT2D eigenvalue weighted by Gasteiger charge is -2.08. The minimum atomic E-state index is -0.388. The molecule has 0 radical (unpaired) electrons. The molecule has 3 aromatic rings. The van der Waals surface area contributed by atoms with Gasteiger partial charge in [0.1, 0.15) is 0 Å². The third kappa shape index (κ3) is 3.57. The molecule has 0 aliphatic heterocycles. The van der Waals surface area contributed by atoms with Gasteiger partial charge in [-0.3, -0.25) is 15.2 Å². The third-order valence-electron chi connectivity index (χ3n) is 3.34. The summed E-state index contributed by atoms with van der Waals surface area (Å²) < 4.78 is 0. The quantitative estimate of drug-likeness (QED) is 0.431. The van der Waals surface area contributed by atoms with Crippen LogP contribution in [0.1, 0.15) is 17.7 Å². The van der Waals surface area contributed by atoms with Crippen molar-refractivity contribution in [2.24, 2.45) is 0 Å². The number of non-ortho nitro benzene ring substituents is 1. The number of hydrogen-bond acceptors (Lipinski definition) is 5. The summed E-state index contributed by atoms with van der Waals surface area (Å²) in [7, 11) is 0. The highest BCUT2D eigenvalue weighted by molar-refractivity contribution is 7.99. The van der Waals surface area contributed by atoms with Crippen LogP contribution in [0, 0.1) is 10.1 Å². The highest BCUT2D eigenvalue weighted by Crippen LogP contribution is 2.34. The fraction of sp³-hybridized carbons (Fsp3) is 0.125. The summed E-state index contributed by atoms with van der Waals surface area (Å²) in [6, 6.07) is 16.4. The van der Waals surface area contributed by atoms with E-state index < -0.39 is 0 Å². The summed E-state index contributed by atoms with van der Waals surface area (Å²) in [4.78, 5) is 14.9. The molecule has 1 N–H and O–H groups in total. The number of nitrogens with zero attached hydrogens (tertiary/aromatic N) is 3. The molecule has 1 heterocycles. The Hall–Kier alpha value is -2.67. The second kappa shape index (κ2) is 6.62. The highest BCUT2D eigenvalue weighted by Gasteiger charge is 2.15. The maximum Gasteiger partial charge on any atom is 0.269 e. The molecular formula is C16H14N4O2S. The van der Waals surface area contributed by atoms with Crippen LogP contribution in [-0.4, -0.2) is 20.1 Å². The molecule has 0 aliphatic rings. The van der Waals surface area contributed by atoms with E-state index in [9.17, 15) is 10.1 Å². The van der Waals surface area contributed by atoms with E-state index in [0.717, 1.165) is 11.1 Å². The SMILES string of the molecule is C[C@H](Sc1n[nH]c(-c2ccccc2)n1)c1cccc([N+](=O)[O-])c1. The Morgan fingerprint density at radius 3 is 2.70 bits per heavy atom. The van der Waals surface area contributed by atoms with Crippen LogP contribution in [-0.2, 0) is 0 Å². The van der Waals surface area contributed by atoms with Crippen molar-refractivity contribution in [3.63, 3.8) is 0 Å². The number of thioether (sulfide) groups is 1. The maximum absolute atomic E-state index is 10.9. The van der Waals surface area contributed by atoms with Crippen molar-refractivity contribution in [2.75, 3.05) is 0 Å². The number of aromatic nitrogens is 3. The third-order valence-corrected chi connectivity index (χ3v) is 4.36. The molecule has 116 valence electrons. The van der Waals surface area contributed by atoms with Gasteiger partial charge in [0.05, 0.1) is 4.92 Å². The van der Waals surface area contributed by atoms with Crippen molar-refractivity contribution in [3.05, 3.63) is 70.3 Å². The van der Waals surface area contributed by atoms with E-state index in [4.69, 9.17) is 0 Å². The monoisotopic (exact) mass is 326 g/mol. The molecule has 0 unspecified atom stereocenters. The Morgan fingerprint density at radius 1 is 1.17 bits per heavy atom. The van der Waals surface area contributed by atoms with Crippen LogP contribution in [0.25, 0.3) is 11.4 Å². The maximum atomic E-state index is 10.9. The molecule has 0 aliphatic carbocycles. The first-order valence-corrected chi connectivity index (χ1v) is 7.90. The second-order valence-corrected chi connectivity index (χ2v) is 6.25. The van der Waals surface area contributed by atoms with Crippen LogP contribution >= 0.6 is 11.8 Å². The lowest BCUT2D eigenvalue weighted by atomic mass is 10.1. The van der Waals surface area contributed by atoms with Crippen LogP contribution in [0.5, 0.6) is 0 Å². The average Bonchev–Trinajstić information content (AvgIpc) is 3.04. The summed E-state index contributed by atoms with van der Waals surface area (Å²) in [5.74, 6) is 0.708. The Labute approximate surface area is 137 Å². The van der Waals surface area contributed by atoms with E-state index in [1.165, 1.54) is 17.8 Å². The van der Waals surface area contributed by atoms with Crippen molar-refractivity contribution in [1.82, 2.24) is 15.2 Å². The van der Waals surface area contributed by atoms with E-state index in [2.05, 4.69) is 15.2 Å². The van der Waals surface area contributed by atoms with Crippen LogP contribution in [0.4, 0.5) is 5.69 Å². The van der Waals surface area contributed by atoms with Gasteiger partial charge in [0.2, 0.25) is 5.16 Å². The molecule has 0 amide bonds. The number of aromatic amines is 1. The lowest BCUT2D eigenvalue weighted by molar-refractivity contribution is -0.384. The number of nitro benzene ring substituents is 1. The van der Waals surface area contributed by atoms with E-state index in [-0.39, 0.29) is 15.9 Å². The molecule has 0 saturated carbocycles. The van der Waals surface area contributed by atoms with Gasteiger partial charge in [-0.05, 0) is 12.5 Å². The largest absolute Gasteiger partial charge is 0.269 e. The number of H-pyrrole nitrogens is 1. The summed E-state index contributed by atoms with van der Waals surface area (Å²) >= 11 is 1.46. The van der Waals surface area contributed by atoms with Crippen LogP contribution in [0.3, 0.4) is 0 Å². The molecule has 0 spiro atoms. The zero-order valence-corrected chi connectivity index (χ0v) is 13.2. The van der Waals surface area contributed by atoms with Gasteiger partial charge in [0, 0.05) is 22.9 Å². The average molecular weight is 326 g/mol. The first-order chi connectivity index (χ1) is 11.1. The fourth-order valence-corrected chi connectivity index (χ4v) is 2.98. The number of nitro groups is 1. The van der Waals surface area contributed by atoms with Gasteiger partial charge in [0.25, 0.3) is 5.69 Å². The van der Waals surface area contributed by atoms with E-state index >= 15 is 0 Å². The number of nitrogens with one attached hydrogen (secondary N) is 1. The first-order valence-electron chi connectivity index (χ1n) is 7.02. The van der Waals surface area contributed by atoms with Gasteiger partial charge in [-0.2, -0.15) is 0 Å². The summed E-state index contributed by atoms with van der Waals surface area (Å²) in [5.41, 5.74) is 1.93. The zero-order chi connectivity index (χ0) is 16.2. The molecule has 23 heavy (non-hydrogen) atoms. The van der Waals surface area contributed by atoms with Crippen LogP contribution in [0.15, 0.2) is 59.8 Å². The lowest BCUT2D eigenvalue weighted by Crippen LogP contribution is -1.93. The van der Waals surface area contributed by atoms with Crippen molar-refractivity contribution in [1.29, 1.82) is 0 Å². The van der Waals surface area contributed by atoms with Crippen molar-refractivity contribution in [2.45, 2.75) is 17.3 Å². The Balaban J connectivity index is 1.76. The molecule has 1 aromatic heterocycles. The van der Waals surface area contributed by atoms with Crippen molar-refractivity contribution >= 4 is 17.4 Å². The summed E-state index contributed by atoms with van der Waals surface area (Å²) in [6.45, 7) is 1.97. The second-order valence-electron chi connectivity index (χ2n) is 4.94. The Morgan fingerprint density at radius 2 is 1.96 bits per heavy atom. The summed E-state index contributed by atoms with van der Waals surface area (Å²) in [6.07, 6.45) is 0. The molecule has 0 saturated heterocycles. The molecule has 3 rings (SSSR count). The number of rotatable bonds is 5. The zero-order valence-electron chi connectivity index (χ0n) is 12.3. The Bertz CT molecular complexity index is 820. The smallest absolute Gasteiger partial charge is 0.258 e. The normalized spacial score (nSPS) is 12.0. The number of benzene rings is 2. The topological polar surface area (TPSA) is 84.7 Å². The first kappa shape index (κ1) is 15.2. The van der Waals surface area contributed by atoms with E-state index in [1.54, 1.807) is 12.1 Å². The van der Waals surface area contributed by atoms with Gasteiger partial charge < -0.3 is 0 Å². The molecule has 0 fully saturated rings. The highest BCUT2D eigenvalue weighted by atomic mass is 32.2. The number of hydrogen-bond donors (Lipinski definition) is 1. The fourth-order valence-electron chi connectivity index (χ4n) is 2.14.